The maximum Gasteiger partial charge on any atom is 0.472 e. The van der Waals surface area contributed by atoms with E-state index in [2.05, 4.69) is 19.2 Å². The van der Waals surface area contributed by atoms with Crippen molar-refractivity contribution in [2.24, 2.45) is 0 Å². The van der Waals surface area contributed by atoms with Gasteiger partial charge >= 0.3 is 7.82 Å². The minimum Gasteiger partial charge on any atom is -0.391 e. The summed E-state index contributed by atoms with van der Waals surface area (Å²) in [6.07, 6.45) is 18.7. The predicted molar refractivity (Wildman–Crippen MR) is 157 cm³/mol. The Balaban J connectivity index is 4.47. The van der Waals surface area contributed by atoms with Crippen LogP contribution in [-0.2, 0) is 18.4 Å². The number of unbranched alkanes of at least 4 members (excludes halogenated alkanes) is 14. The molecule has 1 amide bonds. The molecule has 0 saturated heterocycles. The van der Waals surface area contributed by atoms with E-state index in [9.17, 15) is 19.4 Å². The standard InChI is InChI=1S/C29H61N2O6P/c1-6-8-10-12-13-14-15-16-17-19-21-23-29(33)30-27(28(32)22-20-18-11-9-7-2)26-37-38(34,35)36-25-24-31(3,4)5/h27-28,32H,6-26H2,1-5H3,(H-,30,33,34,35)/p+1. The fourth-order valence-electron chi connectivity index (χ4n) is 4.28. The van der Waals surface area contributed by atoms with E-state index < -0.39 is 20.0 Å². The number of quaternary nitrogens is 1. The molecule has 0 radical (unpaired) electrons. The molecule has 3 atom stereocenters. The van der Waals surface area contributed by atoms with E-state index in [1.54, 1.807) is 0 Å². The summed E-state index contributed by atoms with van der Waals surface area (Å²) >= 11 is 0. The van der Waals surface area contributed by atoms with Crippen LogP contribution in [0.25, 0.3) is 0 Å². The summed E-state index contributed by atoms with van der Waals surface area (Å²) in [6.45, 7) is 4.76. The number of hydrogen-bond acceptors (Lipinski definition) is 5. The monoisotopic (exact) mass is 565 g/mol. The molecule has 0 aliphatic carbocycles. The molecule has 228 valence electrons. The van der Waals surface area contributed by atoms with Crippen LogP contribution in [0.15, 0.2) is 0 Å². The highest BCUT2D eigenvalue weighted by Crippen LogP contribution is 2.43. The Bertz CT molecular complexity index is 614. The van der Waals surface area contributed by atoms with Crippen LogP contribution >= 0.6 is 7.82 Å². The second-order valence-electron chi connectivity index (χ2n) is 11.8. The summed E-state index contributed by atoms with van der Waals surface area (Å²) in [5.74, 6) is -0.154. The number of likely N-dealkylation sites (N-methyl/N-ethyl adjacent to an activating group) is 1. The average molecular weight is 566 g/mol. The number of phosphoric acid groups is 1. The first-order valence-corrected chi connectivity index (χ1v) is 16.9. The van der Waals surface area contributed by atoms with Crippen molar-refractivity contribution in [3.05, 3.63) is 0 Å². The number of nitrogens with one attached hydrogen (secondary N) is 1. The van der Waals surface area contributed by atoms with Crippen LogP contribution < -0.4 is 5.32 Å². The first-order valence-electron chi connectivity index (χ1n) is 15.4. The van der Waals surface area contributed by atoms with Crippen LogP contribution in [-0.4, -0.2) is 73.4 Å². The van der Waals surface area contributed by atoms with Gasteiger partial charge in [-0.2, -0.15) is 0 Å². The Morgan fingerprint density at radius 3 is 1.76 bits per heavy atom. The number of amides is 1. The second kappa shape index (κ2) is 23.2. The lowest BCUT2D eigenvalue weighted by atomic mass is 10.0. The third-order valence-electron chi connectivity index (χ3n) is 6.86. The lowest BCUT2D eigenvalue weighted by Gasteiger charge is -2.26. The van der Waals surface area contributed by atoms with Gasteiger partial charge in [0.2, 0.25) is 5.91 Å². The molecular weight excluding hydrogens is 503 g/mol. The van der Waals surface area contributed by atoms with Gasteiger partial charge in [0, 0.05) is 6.42 Å². The Labute approximate surface area is 234 Å². The smallest absolute Gasteiger partial charge is 0.391 e. The molecule has 0 spiro atoms. The van der Waals surface area contributed by atoms with E-state index in [0.29, 0.717) is 23.9 Å². The van der Waals surface area contributed by atoms with E-state index in [4.69, 9.17) is 9.05 Å². The zero-order valence-electron chi connectivity index (χ0n) is 25.4. The summed E-state index contributed by atoms with van der Waals surface area (Å²) in [5, 5.41) is 13.6. The van der Waals surface area contributed by atoms with Gasteiger partial charge in [0.15, 0.2) is 0 Å². The van der Waals surface area contributed by atoms with Gasteiger partial charge in [-0.25, -0.2) is 4.57 Å². The number of carbonyl (C=O) groups is 1. The topological polar surface area (TPSA) is 105 Å². The van der Waals surface area contributed by atoms with Gasteiger partial charge in [-0.05, 0) is 12.8 Å². The Morgan fingerprint density at radius 2 is 1.26 bits per heavy atom. The zero-order chi connectivity index (χ0) is 28.7. The molecule has 3 N–H and O–H groups in total. The van der Waals surface area contributed by atoms with Crippen molar-refractivity contribution in [2.75, 3.05) is 40.9 Å². The van der Waals surface area contributed by atoms with E-state index >= 15 is 0 Å². The molecule has 0 saturated carbocycles. The number of rotatable bonds is 27. The molecule has 0 fully saturated rings. The van der Waals surface area contributed by atoms with Crippen molar-refractivity contribution in [1.29, 1.82) is 0 Å². The third-order valence-corrected chi connectivity index (χ3v) is 7.84. The number of hydrogen-bond donors (Lipinski definition) is 3. The number of nitrogens with zero attached hydrogens (tertiary/aromatic N) is 1. The minimum absolute atomic E-state index is 0.0765. The fourth-order valence-corrected chi connectivity index (χ4v) is 5.01. The summed E-state index contributed by atoms with van der Waals surface area (Å²) in [6, 6.07) is -0.746. The van der Waals surface area contributed by atoms with Crippen molar-refractivity contribution in [1.82, 2.24) is 5.32 Å². The van der Waals surface area contributed by atoms with Crippen LogP contribution in [0, 0.1) is 0 Å². The van der Waals surface area contributed by atoms with Crippen LogP contribution in [0.3, 0.4) is 0 Å². The van der Waals surface area contributed by atoms with Gasteiger partial charge in [0.05, 0.1) is 39.9 Å². The maximum atomic E-state index is 12.6. The minimum atomic E-state index is -4.28. The largest absolute Gasteiger partial charge is 0.472 e. The molecule has 0 aliphatic heterocycles. The first-order chi connectivity index (χ1) is 18.0. The van der Waals surface area contributed by atoms with Crippen molar-refractivity contribution >= 4 is 13.7 Å². The summed E-state index contributed by atoms with van der Waals surface area (Å²) < 4.78 is 23.2. The molecule has 0 heterocycles. The second-order valence-corrected chi connectivity index (χ2v) is 13.3. The lowest BCUT2D eigenvalue weighted by molar-refractivity contribution is -0.870. The molecule has 0 aromatic carbocycles. The van der Waals surface area contributed by atoms with Gasteiger partial charge in [-0.3, -0.25) is 13.8 Å². The number of phosphoric ester groups is 1. The quantitative estimate of drug-likeness (QED) is 0.0579. The molecule has 0 aromatic heterocycles. The van der Waals surface area contributed by atoms with E-state index in [0.717, 1.165) is 51.4 Å². The van der Waals surface area contributed by atoms with E-state index in [1.807, 2.05) is 21.1 Å². The number of carbonyl (C=O) groups excluding carboxylic acids is 1. The Morgan fingerprint density at radius 1 is 0.789 bits per heavy atom. The maximum absolute atomic E-state index is 12.6. The van der Waals surface area contributed by atoms with Crippen molar-refractivity contribution in [3.63, 3.8) is 0 Å². The molecule has 8 nitrogen and oxygen atoms in total. The molecule has 0 bridgehead atoms. The lowest BCUT2D eigenvalue weighted by Crippen LogP contribution is -2.46. The number of aliphatic hydroxyl groups is 1. The van der Waals surface area contributed by atoms with E-state index in [-0.39, 0.29) is 19.1 Å². The normalized spacial score (nSPS) is 15.2. The SMILES string of the molecule is CCCCCCCCCCCCCC(=O)NC(COP(=O)(O)OCC[N+](C)(C)C)C(O)CCCCCCC. The van der Waals surface area contributed by atoms with Crippen LogP contribution in [0.2, 0.25) is 0 Å². The van der Waals surface area contributed by atoms with Crippen LogP contribution in [0.4, 0.5) is 0 Å². The zero-order valence-corrected chi connectivity index (χ0v) is 26.3. The summed E-state index contributed by atoms with van der Waals surface area (Å²) in [5.41, 5.74) is 0. The summed E-state index contributed by atoms with van der Waals surface area (Å²) in [7, 11) is 1.61. The molecule has 0 aliphatic rings. The fraction of sp³-hybridized carbons (Fsp3) is 0.966. The van der Waals surface area contributed by atoms with Gasteiger partial charge in [-0.1, -0.05) is 110 Å². The molecule has 3 unspecified atom stereocenters. The highest BCUT2D eigenvalue weighted by molar-refractivity contribution is 7.47. The molecule has 9 heteroatoms. The highest BCUT2D eigenvalue weighted by Gasteiger charge is 2.28. The highest BCUT2D eigenvalue weighted by atomic mass is 31.2. The molecular formula is C29H62N2O6P+. The first kappa shape index (κ1) is 37.5. The van der Waals surface area contributed by atoms with Crippen molar-refractivity contribution in [2.45, 2.75) is 142 Å². The van der Waals surface area contributed by atoms with E-state index in [1.165, 1.54) is 51.4 Å². The van der Waals surface area contributed by atoms with Gasteiger partial charge < -0.3 is 19.8 Å². The van der Waals surface area contributed by atoms with Crippen LogP contribution in [0.5, 0.6) is 0 Å². The van der Waals surface area contributed by atoms with Crippen molar-refractivity contribution < 1.29 is 32.9 Å². The molecule has 0 aromatic rings. The third kappa shape index (κ3) is 24.5. The molecule has 0 rings (SSSR count). The summed E-state index contributed by atoms with van der Waals surface area (Å²) in [4.78, 5) is 22.7. The average Bonchev–Trinajstić information content (AvgIpc) is 2.83. The Hall–Kier alpha value is -0.500. The number of aliphatic hydroxyl groups excluding tert-OH is 1. The Kier molecular flexibility index (Phi) is 22.9. The predicted octanol–water partition coefficient (Wildman–Crippen LogP) is 6.73. The van der Waals surface area contributed by atoms with Gasteiger partial charge in [0.1, 0.15) is 13.2 Å². The van der Waals surface area contributed by atoms with Gasteiger partial charge in [-0.15, -0.1) is 0 Å². The van der Waals surface area contributed by atoms with Crippen LogP contribution in [0.1, 0.15) is 129 Å². The molecule has 38 heavy (non-hydrogen) atoms. The van der Waals surface area contributed by atoms with Crippen molar-refractivity contribution in [3.8, 4) is 0 Å². The van der Waals surface area contributed by atoms with Gasteiger partial charge in [0.25, 0.3) is 0 Å².